The summed E-state index contributed by atoms with van der Waals surface area (Å²) in [4.78, 5) is 1.93. The standard InChI is InChI=1S/C13H20ClN3O2/c1-4-17(8-13(2,3)18)11-7-9(14)5-6-10(11)12(15)16-19/h5-7,18-19H,4,8H2,1-3H3,(H2,15,16). The first-order valence-corrected chi connectivity index (χ1v) is 6.41. The Morgan fingerprint density at radius 2 is 2.11 bits per heavy atom. The molecule has 0 fully saturated rings. The maximum Gasteiger partial charge on any atom is 0.172 e. The molecule has 6 heteroatoms. The normalized spacial score (nSPS) is 12.6. The predicted octanol–water partition coefficient (Wildman–Crippen LogP) is 2.03. The van der Waals surface area contributed by atoms with Crippen molar-refractivity contribution in [1.82, 2.24) is 0 Å². The third-order valence-corrected chi connectivity index (χ3v) is 2.88. The second-order valence-corrected chi connectivity index (χ2v) is 5.41. The van der Waals surface area contributed by atoms with Gasteiger partial charge in [-0.25, -0.2) is 0 Å². The first kappa shape index (κ1) is 15.6. The van der Waals surface area contributed by atoms with Crippen LogP contribution in [0.15, 0.2) is 23.4 Å². The summed E-state index contributed by atoms with van der Waals surface area (Å²) < 4.78 is 0. The molecule has 0 spiro atoms. The molecule has 0 aliphatic heterocycles. The average molecular weight is 286 g/mol. The first-order chi connectivity index (χ1) is 8.78. The lowest BCUT2D eigenvalue weighted by molar-refractivity contribution is 0.0876. The highest BCUT2D eigenvalue weighted by atomic mass is 35.5. The van der Waals surface area contributed by atoms with E-state index in [0.29, 0.717) is 23.7 Å². The van der Waals surface area contributed by atoms with Gasteiger partial charge in [0.2, 0.25) is 0 Å². The SMILES string of the molecule is CCN(CC(C)(C)O)c1cc(Cl)ccc1C(N)=NO. The van der Waals surface area contributed by atoms with Gasteiger partial charge in [0.25, 0.3) is 0 Å². The van der Waals surface area contributed by atoms with E-state index in [1.54, 1.807) is 32.0 Å². The van der Waals surface area contributed by atoms with E-state index in [4.69, 9.17) is 22.5 Å². The molecule has 0 atom stereocenters. The Kier molecular flexibility index (Phi) is 5.03. The summed E-state index contributed by atoms with van der Waals surface area (Å²) in [5.74, 6) is 0.0147. The Morgan fingerprint density at radius 1 is 1.47 bits per heavy atom. The van der Waals surface area contributed by atoms with E-state index in [2.05, 4.69) is 5.16 Å². The molecule has 0 saturated heterocycles. The number of hydrogen-bond donors (Lipinski definition) is 3. The van der Waals surface area contributed by atoms with E-state index in [-0.39, 0.29) is 5.84 Å². The molecule has 4 N–H and O–H groups in total. The number of rotatable bonds is 5. The maximum absolute atomic E-state index is 9.95. The van der Waals surface area contributed by atoms with Crippen LogP contribution in [0.2, 0.25) is 5.02 Å². The van der Waals surface area contributed by atoms with Crippen LogP contribution in [0.4, 0.5) is 5.69 Å². The van der Waals surface area contributed by atoms with Gasteiger partial charge in [-0.3, -0.25) is 0 Å². The lowest BCUT2D eigenvalue weighted by Gasteiger charge is -2.31. The van der Waals surface area contributed by atoms with Gasteiger partial charge in [0.15, 0.2) is 5.84 Å². The number of aliphatic hydroxyl groups is 1. The van der Waals surface area contributed by atoms with Gasteiger partial charge in [-0.05, 0) is 39.0 Å². The Hall–Kier alpha value is -1.46. The zero-order valence-electron chi connectivity index (χ0n) is 11.4. The molecule has 0 saturated carbocycles. The number of anilines is 1. The van der Waals surface area contributed by atoms with Crippen molar-refractivity contribution < 1.29 is 10.3 Å². The van der Waals surface area contributed by atoms with Gasteiger partial charge in [0.05, 0.1) is 5.60 Å². The molecule has 106 valence electrons. The smallest absolute Gasteiger partial charge is 0.172 e. The van der Waals surface area contributed by atoms with E-state index < -0.39 is 5.60 Å². The zero-order valence-corrected chi connectivity index (χ0v) is 12.1. The fourth-order valence-corrected chi connectivity index (χ4v) is 2.04. The van der Waals surface area contributed by atoms with Crippen LogP contribution in [0.1, 0.15) is 26.3 Å². The molecule has 1 aromatic carbocycles. The van der Waals surface area contributed by atoms with Crippen molar-refractivity contribution >= 4 is 23.1 Å². The Morgan fingerprint density at radius 3 is 2.58 bits per heavy atom. The number of likely N-dealkylation sites (N-methyl/N-ethyl adjacent to an activating group) is 1. The van der Waals surface area contributed by atoms with Crippen LogP contribution < -0.4 is 10.6 Å². The van der Waals surface area contributed by atoms with Gasteiger partial charge in [-0.2, -0.15) is 0 Å². The highest BCUT2D eigenvalue weighted by molar-refractivity contribution is 6.31. The number of hydrogen-bond acceptors (Lipinski definition) is 4. The number of nitrogens with two attached hydrogens (primary N) is 1. The molecule has 0 aliphatic rings. The molecule has 0 aliphatic carbocycles. The van der Waals surface area contributed by atoms with E-state index in [1.165, 1.54) is 0 Å². The number of benzene rings is 1. The molecule has 0 aromatic heterocycles. The van der Waals surface area contributed by atoms with Gasteiger partial charge in [-0.15, -0.1) is 0 Å². The topological polar surface area (TPSA) is 82.1 Å². The van der Waals surface area contributed by atoms with Crippen molar-refractivity contribution in [3.05, 3.63) is 28.8 Å². The predicted molar refractivity (Wildman–Crippen MR) is 78.1 cm³/mol. The van der Waals surface area contributed by atoms with E-state index in [0.717, 1.165) is 5.69 Å². The van der Waals surface area contributed by atoms with Crippen LogP contribution in [0.5, 0.6) is 0 Å². The van der Waals surface area contributed by atoms with E-state index >= 15 is 0 Å². The maximum atomic E-state index is 9.95. The van der Waals surface area contributed by atoms with Crippen molar-refractivity contribution in [3.63, 3.8) is 0 Å². The average Bonchev–Trinajstić information content (AvgIpc) is 2.33. The molecule has 0 bridgehead atoms. The molecular formula is C13H20ClN3O2. The van der Waals surface area contributed by atoms with Gasteiger partial charge >= 0.3 is 0 Å². The Bertz CT molecular complexity index is 469. The molecule has 5 nitrogen and oxygen atoms in total. The lowest BCUT2D eigenvalue weighted by atomic mass is 10.1. The zero-order chi connectivity index (χ0) is 14.6. The fourth-order valence-electron chi connectivity index (χ4n) is 1.87. The van der Waals surface area contributed by atoms with Crippen LogP contribution in [-0.2, 0) is 0 Å². The summed E-state index contributed by atoms with van der Waals surface area (Å²) in [6.45, 7) is 6.49. The minimum atomic E-state index is -0.860. The van der Waals surface area contributed by atoms with Crippen LogP contribution in [-0.4, -0.2) is 34.8 Å². The van der Waals surface area contributed by atoms with Gasteiger partial charge in [0.1, 0.15) is 0 Å². The third-order valence-electron chi connectivity index (χ3n) is 2.64. The minimum Gasteiger partial charge on any atom is -0.409 e. The number of amidine groups is 1. The molecule has 0 amide bonds. The number of halogens is 1. The molecule has 19 heavy (non-hydrogen) atoms. The Labute approximate surface area is 118 Å². The highest BCUT2D eigenvalue weighted by Gasteiger charge is 2.20. The van der Waals surface area contributed by atoms with Crippen LogP contribution in [0.3, 0.4) is 0 Å². The second kappa shape index (κ2) is 6.12. The van der Waals surface area contributed by atoms with Crippen molar-refractivity contribution in [2.75, 3.05) is 18.0 Å². The number of nitrogens with zero attached hydrogens (tertiary/aromatic N) is 2. The van der Waals surface area contributed by atoms with Crippen LogP contribution in [0.25, 0.3) is 0 Å². The minimum absolute atomic E-state index is 0.0147. The highest BCUT2D eigenvalue weighted by Crippen LogP contribution is 2.26. The fraction of sp³-hybridized carbons (Fsp3) is 0.462. The quantitative estimate of drug-likeness (QED) is 0.335. The largest absolute Gasteiger partial charge is 0.409 e. The molecule has 0 heterocycles. The van der Waals surface area contributed by atoms with Crippen molar-refractivity contribution in [2.45, 2.75) is 26.4 Å². The molecule has 1 aromatic rings. The van der Waals surface area contributed by atoms with E-state index in [9.17, 15) is 5.11 Å². The second-order valence-electron chi connectivity index (χ2n) is 4.97. The molecule has 0 radical (unpaired) electrons. The first-order valence-electron chi connectivity index (χ1n) is 6.03. The van der Waals surface area contributed by atoms with Crippen LogP contribution in [0, 0.1) is 0 Å². The summed E-state index contributed by atoms with van der Waals surface area (Å²) in [6, 6.07) is 5.11. The molecule has 1 rings (SSSR count). The monoisotopic (exact) mass is 285 g/mol. The lowest BCUT2D eigenvalue weighted by Crippen LogP contribution is -2.39. The molecular weight excluding hydrogens is 266 g/mol. The van der Waals surface area contributed by atoms with Crippen LogP contribution >= 0.6 is 11.6 Å². The molecule has 0 unspecified atom stereocenters. The summed E-state index contributed by atoms with van der Waals surface area (Å²) in [7, 11) is 0. The van der Waals surface area contributed by atoms with Gasteiger partial charge < -0.3 is 20.9 Å². The third kappa shape index (κ3) is 4.29. The van der Waals surface area contributed by atoms with Gasteiger partial charge in [-0.1, -0.05) is 16.8 Å². The summed E-state index contributed by atoms with van der Waals surface area (Å²) in [5.41, 5.74) is 6.12. The summed E-state index contributed by atoms with van der Waals surface area (Å²) in [6.07, 6.45) is 0. The summed E-state index contributed by atoms with van der Waals surface area (Å²) >= 11 is 6.00. The van der Waals surface area contributed by atoms with Gasteiger partial charge in [0, 0.05) is 29.4 Å². The van der Waals surface area contributed by atoms with E-state index in [1.807, 2.05) is 11.8 Å². The van der Waals surface area contributed by atoms with Crippen molar-refractivity contribution in [3.8, 4) is 0 Å². The Balaban J connectivity index is 3.25. The summed E-state index contributed by atoms with van der Waals surface area (Å²) in [5, 5.41) is 22.4. The van der Waals surface area contributed by atoms with Crippen molar-refractivity contribution in [2.24, 2.45) is 10.9 Å². The van der Waals surface area contributed by atoms with Crippen molar-refractivity contribution in [1.29, 1.82) is 0 Å². The number of oxime groups is 1.